The van der Waals surface area contributed by atoms with E-state index in [2.05, 4.69) is 26.2 Å². The Bertz CT molecular complexity index is 83.4. The monoisotopic (exact) mass is 144 g/mol. The van der Waals surface area contributed by atoms with Crippen molar-refractivity contribution in [3.63, 3.8) is 0 Å². The molecule has 0 saturated carbocycles. The lowest BCUT2D eigenvalue weighted by atomic mass is 10.8. The average Bonchev–Trinajstić information content (AvgIpc) is 1.63. The number of ether oxygens (including phenoxy) is 1. The SMILES string of the molecule is C=COCC[Si](C)(C)C. The first kappa shape index (κ1) is 8.76. The molecule has 0 aromatic rings. The summed E-state index contributed by atoms with van der Waals surface area (Å²) in [5, 5.41) is 0. The quantitative estimate of drug-likeness (QED) is 0.334. The first-order valence-corrected chi connectivity index (χ1v) is 6.99. The summed E-state index contributed by atoms with van der Waals surface area (Å²) in [6.07, 6.45) is 1.51. The molecule has 54 valence electrons. The summed E-state index contributed by atoms with van der Waals surface area (Å²) in [7, 11) is -0.867. The molecule has 2 heteroatoms. The van der Waals surface area contributed by atoms with Crippen LogP contribution in [0, 0.1) is 0 Å². The maximum absolute atomic E-state index is 5.01. The Labute approximate surface area is 58.7 Å². The molecule has 0 fully saturated rings. The highest BCUT2D eigenvalue weighted by atomic mass is 28.3. The molecular weight excluding hydrogens is 128 g/mol. The average molecular weight is 144 g/mol. The van der Waals surface area contributed by atoms with Crippen LogP contribution in [0.1, 0.15) is 0 Å². The van der Waals surface area contributed by atoms with Crippen LogP contribution < -0.4 is 0 Å². The maximum Gasteiger partial charge on any atom is 0.0849 e. The van der Waals surface area contributed by atoms with Crippen LogP contribution in [-0.4, -0.2) is 14.7 Å². The number of hydrogen-bond donors (Lipinski definition) is 0. The third-order valence-corrected chi connectivity index (χ3v) is 2.79. The van der Waals surface area contributed by atoms with Crippen LogP contribution in [0.5, 0.6) is 0 Å². The van der Waals surface area contributed by atoms with Gasteiger partial charge in [-0.1, -0.05) is 26.2 Å². The summed E-state index contributed by atoms with van der Waals surface area (Å²) in [4.78, 5) is 0. The van der Waals surface area contributed by atoms with Crippen LogP contribution in [0.15, 0.2) is 12.8 Å². The standard InChI is InChI=1S/C7H16OSi/c1-5-8-6-7-9(2,3)4/h5H,1,6-7H2,2-4H3. The Hall–Kier alpha value is -0.243. The van der Waals surface area contributed by atoms with E-state index in [0.29, 0.717) is 0 Å². The lowest BCUT2D eigenvalue weighted by Gasteiger charge is -2.14. The molecule has 9 heavy (non-hydrogen) atoms. The second-order valence-electron chi connectivity index (χ2n) is 3.35. The number of rotatable bonds is 4. The molecule has 0 unspecified atom stereocenters. The molecule has 0 rings (SSSR count). The van der Waals surface area contributed by atoms with Crippen molar-refractivity contribution in [2.45, 2.75) is 25.7 Å². The Balaban J connectivity index is 3.17. The molecule has 0 atom stereocenters. The Morgan fingerprint density at radius 2 is 2.00 bits per heavy atom. The summed E-state index contributed by atoms with van der Waals surface area (Å²) < 4.78 is 5.01. The lowest BCUT2D eigenvalue weighted by molar-refractivity contribution is 0.269. The Kier molecular flexibility index (Phi) is 3.62. The van der Waals surface area contributed by atoms with E-state index in [1.165, 1.54) is 12.3 Å². The van der Waals surface area contributed by atoms with Gasteiger partial charge in [0.05, 0.1) is 12.9 Å². The van der Waals surface area contributed by atoms with Crippen LogP contribution in [0.3, 0.4) is 0 Å². The molecule has 1 nitrogen and oxygen atoms in total. The summed E-state index contributed by atoms with van der Waals surface area (Å²) in [5.74, 6) is 0. The molecule has 0 heterocycles. The van der Waals surface area contributed by atoms with E-state index in [0.717, 1.165) is 6.61 Å². The molecule has 0 spiro atoms. The van der Waals surface area contributed by atoms with Crippen LogP contribution in [-0.2, 0) is 4.74 Å². The van der Waals surface area contributed by atoms with Crippen molar-refractivity contribution in [1.82, 2.24) is 0 Å². The predicted molar refractivity (Wildman–Crippen MR) is 44.3 cm³/mol. The summed E-state index contributed by atoms with van der Waals surface area (Å²) in [5.41, 5.74) is 0. The minimum atomic E-state index is -0.867. The van der Waals surface area contributed by atoms with Gasteiger partial charge >= 0.3 is 0 Å². The molecule has 0 amide bonds. The van der Waals surface area contributed by atoms with Gasteiger partial charge in [0.25, 0.3) is 0 Å². The summed E-state index contributed by atoms with van der Waals surface area (Å²) in [6, 6.07) is 1.22. The van der Waals surface area contributed by atoms with E-state index in [-0.39, 0.29) is 0 Å². The molecule has 0 saturated heterocycles. The van der Waals surface area contributed by atoms with E-state index in [1.54, 1.807) is 0 Å². The van der Waals surface area contributed by atoms with Gasteiger partial charge in [0, 0.05) is 8.07 Å². The van der Waals surface area contributed by atoms with Crippen molar-refractivity contribution < 1.29 is 4.74 Å². The lowest BCUT2D eigenvalue weighted by Crippen LogP contribution is -2.20. The van der Waals surface area contributed by atoms with E-state index in [1.807, 2.05) is 0 Å². The van der Waals surface area contributed by atoms with Crippen molar-refractivity contribution in [1.29, 1.82) is 0 Å². The van der Waals surface area contributed by atoms with Crippen molar-refractivity contribution in [3.05, 3.63) is 12.8 Å². The highest BCUT2D eigenvalue weighted by molar-refractivity contribution is 6.76. The molecule has 0 aromatic heterocycles. The fourth-order valence-corrected chi connectivity index (χ4v) is 1.18. The van der Waals surface area contributed by atoms with Crippen molar-refractivity contribution in [2.24, 2.45) is 0 Å². The zero-order valence-electron chi connectivity index (χ0n) is 6.61. The van der Waals surface area contributed by atoms with Gasteiger partial charge in [0.2, 0.25) is 0 Å². The molecule has 0 radical (unpaired) electrons. The van der Waals surface area contributed by atoms with Gasteiger partial charge in [-0.3, -0.25) is 0 Å². The van der Waals surface area contributed by atoms with Gasteiger partial charge in [-0.25, -0.2) is 0 Å². The normalized spacial score (nSPS) is 11.0. The third-order valence-electron chi connectivity index (χ3n) is 1.09. The molecule has 0 aliphatic heterocycles. The Morgan fingerprint density at radius 1 is 1.44 bits per heavy atom. The molecule has 0 aromatic carbocycles. The molecular formula is C7H16OSi. The minimum Gasteiger partial charge on any atom is -0.502 e. The fourth-order valence-electron chi connectivity index (χ4n) is 0.448. The minimum absolute atomic E-state index is 0.846. The van der Waals surface area contributed by atoms with Crippen LogP contribution >= 0.6 is 0 Å². The molecule has 0 N–H and O–H groups in total. The zero-order chi connectivity index (χ0) is 7.33. The highest BCUT2D eigenvalue weighted by Gasteiger charge is 2.11. The van der Waals surface area contributed by atoms with E-state index < -0.39 is 8.07 Å². The maximum atomic E-state index is 5.01. The zero-order valence-corrected chi connectivity index (χ0v) is 7.61. The largest absolute Gasteiger partial charge is 0.502 e. The van der Waals surface area contributed by atoms with Crippen molar-refractivity contribution >= 4 is 8.07 Å². The topological polar surface area (TPSA) is 9.23 Å². The second kappa shape index (κ2) is 3.72. The third kappa shape index (κ3) is 7.76. The highest BCUT2D eigenvalue weighted by Crippen LogP contribution is 2.07. The first-order valence-electron chi connectivity index (χ1n) is 3.29. The summed E-state index contributed by atoms with van der Waals surface area (Å²) >= 11 is 0. The Morgan fingerprint density at radius 3 is 2.33 bits per heavy atom. The van der Waals surface area contributed by atoms with Gasteiger partial charge in [-0.05, 0) is 6.04 Å². The van der Waals surface area contributed by atoms with Crippen molar-refractivity contribution in [3.8, 4) is 0 Å². The molecule has 0 aliphatic rings. The van der Waals surface area contributed by atoms with E-state index in [4.69, 9.17) is 4.74 Å². The first-order chi connectivity index (χ1) is 4.06. The van der Waals surface area contributed by atoms with E-state index >= 15 is 0 Å². The summed E-state index contributed by atoms with van der Waals surface area (Å²) in [6.45, 7) is 11.3. The number of hydrogen-bond acceptors (Lipinski definition) is 1. The van der Waals surface area contributed by atoms with Gasteiger partial charge in [0.15, 0.2) is 0 Å². The van der Waals surface area contributed by atoms with Crippen molar-refractivity contribution in [2.75, 3.05) is 6.61 Å². The van der Waals surface area contributed by atoms with Gasteiger partial charge in [-0.15, -0.1) is 0 Å². The predicted octanol–water partition coefficient (Wildman–Crippen LogP) is 2.48. The molecule has 0 bridgehead atoms. The van der Waals surface area contributed by atoms with E-state index in [9.17, 15) is 0 Å². The van der Waals surface area contributed by atoms with Crippen LogP contribution in [0.2, 0.25) is 25.7 Å². The smallest absolute Gasteiger partial charge is 0.0849 e. The second-order valence-corrected chi connectivity index (χ2v) is 8.97. The van der Waals surface area contributed by atoms with Gasteiger partial charge in [-0.2, -0.15) is 0 Å². The van der Waals surface area contributed by atoms with Gasteiger partial charge < -0.3 is 4.74 Å². The fraction of sp³-hybridized carbons (Fsp3) is 0.714. The molecule has 0 aliphatic carbocycles. The van der Waals surface area contributed by atoms with Gasteiger partial charge in [0.1, 0.15) is 0 Å². The van der Waals surface area contributed by atoms with Crippen LogP contribution in [0.4, 0.5) is 0 Å². The van der Waals surface area contributed by atoms with Crippen LogP contribution in [0.25, 0.3) is 0 Å².